The average Bonchev–Trinajstić information content (AvgIpc) is 2.42. The van der Waals surface area contributed by atoms with Gasteiger partial charge in [0, 0.05) is 0 Å². The average molecular weight is 297 g/mol. The van der Waals surface area contributed by atoms with Crippen molar-refractivity contribution in [1.29, 1.82) is 0 Å². The van der Waals surface area contributed by atoms with Gasteiger partial charge in [0.15, 0.2) is 0 Å². The lowest BCUT2D eigenvalue weighted by Gasteiger charge is -2.34. The van der Waals surface area contributed by atoms with Crippen molar-refractivity contribution in [2.45, 2.75) is 32.1 Å². The lowest BCUT2D eigenvalue weighted by Crippen LogP contribution is -2.47. The number of halogens is 1. The van der Waals surface area contributed by atoms with Gasteiger partial charge in [-0.25, -0.2) is 0 Å². The Hall–Kier alpha value is -1.13. The van der Waals surface area contributed by atoms with E-state index in [1.165, 1.54) is 0 Å². The number of thiocarbonyl (C=S) groups is 1. The molecule has 1 aliphatic carbocycles. The van der Waals surface area contributed by atoms with E-state index in [4.69, 9.17) is 29.6 Å². The fourth-order valence-corrected chi connectivity index (χ4v) is 3.03. The molecule has 19 heavy (non-hydrogen) atoms. The van der Waals surface area contributed by atoms with Crippen LogP contribution in [0.25, 0.3) is 0 Å². The van der Waals surface area contributed by atoms with Gasteiger partial charge in [-0.15, -0.1) is 0 Å². The fourth-order valence-electron chi connectivity index (χ4n) is 2.55. The van der Waals surface area contributed by atoms with Crippen LogP contribution < -0.4 is 11.1 Å². The summed E-state index contributed by atoms with van der Waals surface area (Å²) in [6.45, 7) is 0. The molecule has 0 aromatic heterocycles. The highest BCUT2D eigenvalue weighted by Gasteiger charge is 2.42. The number of carbonyl (C=O) groups is 1. The molecule has 0 saturated heterocycles. The summed E-state index contributed by atoms with van der Waals surface area (Å²) >= 11 is 11.2. The van der Waals surface area contributed by atoms with Crippen molar-refractivity contribution >= 4 is 40.4 Å². The Balaban J connectivity index is 2.21. The largest absolute Gasteiger partial charge is 0.392 e. The van der Waals surface area contributed by atoms with E-state index in [0.29, 0.717) is 10.7 Å². The number of hydrogen-bond acceptors (Lipinski definition) is 2. The van der Waals surface area contributed by atoms with E-state index >= 15 is 0 Å². The van der Waals surface area contributed by atoms with Crippen molar-refractivity contribution in [3.63, 3.8) is 0 Å². The molecule has 1 amide bonds. The second kappa shape index (κ2) is 5.88. The van der Waals surface area contributed by atoms with E-state index < -0.39 is 5.41 Å². The third-order valence-corrected chi connectivity index (χ3v) is 4.46. The summed E-state index contributed by atoms with van der Waals surface area (Å²) in [4.78, 5) is 12.8. The van der Waals surface area contributed by atoms with Gasteiger partial charge in [0.25, 0.3) is 0 Å². The first-order valence-electron chi connectivity index (χ1n) is 6.42. The number of rotatable bonds is 3. The van der Waals surface area contributed by atoms with Crippen LogP contribution in [0, 0.1) is 5.41 Å². The van der Waals surface area contributed by atoms with Crippen LogP contribution in [0.1, 0.15) is 32.1 Å². The minimum absolute atomic E-state index is 0.132. The monoisotopic (exact) mass is 296 g/mol. The molecule has 0 aliphatic heterocycles. The Kier molecular flexibility index (Phi) is 4.42. The standard InChI is InChI=1S/C14H17ClN2OS/c15-10-6-2-3-7-11(10)17-13(18)14(12(16)19)8-4-1-5-9-14/h2-3,6-7H,1,4-5,8-9H2,(H2,16,19)(H,17,18). The van der Waals surface area contributed by atoms with E-state index in [0.717, 1.165) is 32.1 Å². The summed E-state index contributed by atoms with van der Waals surface area (Å²) in [5, 5.41) is 3.38. The van der Waals surface area contributed by atoms with E-state index in [1.807, 2.05) is 12.1 Å². The highest BCUT2D eigenvalue weighted by Crippen LogP contribution is 2.38. The van der Waals surface area contributed by atoms with Gasteiger partial charge in [-0.1, -0.05) is 55.2 Å². The van der Waals surface area contributed by atoms with Crippen LogP contribution in [0.2, 0.25) is 5.02 Å². The molecule has 1 fully saturated rings. The first-order valence-corrected chi connectivity index (χ1v) is 7.21. The molecule has 0 atom stereocenters. The van der Waals surface area contributed by atoms with Crippen LogP contribution >= 0.6 is 23.8 Å². The molecule has 1 saturated carbocycles. The van der Waals surface area contributed by atoms with E-state index in [-0.39, 0.29) is 10.9 Å². The zero-order valence-corrected chi connectivity index (χ0v) is 12.2. The Morgan fingerprint density at radius 1 is 1.26 bits per heavy atom. The number of carbonyl (C=O) groups excluding carboxylic acids is 1. The molecule has 2 rings (SSSR count). The highest BCUT2D eigenvalue weighted by atomic mass is 35.5. The number of nitrogens with two attached hydrogens (primary N) is 1. The van der Waals surface area contributed by atoms with Gasteiger partial charge in [-0.05, 0) is 25.0 Å². The quantitative estimate of drug-likeness (QED) is 0.839. The van der Waals surface area contributed by atoms with Crippen molar-refractivity contribution in [3.05, 3.63) is 29.3 Å². The van der Waals surface area contributed by atoms with E-state index in [1.54, 1.807) is 12.1 Å². The van der Waals surface area contributed by atoms with Gasteiger partial charge < -0.3 is 11.1 Å². The van der Waals surface area contributed by atoms with Gasteiger partial charge in [-0.3, -0.25) is 4.79 Å². The minimum atomic E-state index is -0.716. The Labute approximate surface area is 123 Å². The van der Waals surface area contributed by atoms with Crippen LogP contribution in [0.3, 0.4) is 0 Å². The molecule has 1 aromatic carbocycles. The molecule has 3 N–H and O–H groups in total. The summed E-state index contributed by atoms with van der Waals surface area (Å²) in [6.07, 6.45) is 4.53. The molecule has 0 radical (unpaired) electrons. The smallest absolute Gasteiger partial charge is 0.237 e. The first kappa shape index (κ1) is 14.3. The first-order chi connectivity index (χ1) is 9.06. The topological polar surface area (TPSA) is 55.1 Å². The number of nitrogens with one attached hydrogen (secondary N) is 1. The summed E-state index contributed by atoms with van der Waals surface area (Å²) in [6, 6.07) is 7.17. The SMILES string of the molecule is NC(=S)C1(C(=O)Nc2ccccc2Cl)CCCCC1. The molecule has 102 valence electrons. The van der Waals surface area contributed by atoms with Crippen molar-refractivity contribution in [2.75, 3.05) is 5.32 Å². The predicted octanol–water partition coefficient (Wildman–Crippen LogP) is 3.52. The Morgan fingerprint density at radius 3 is 2.47 bits per heavy atom. The second-order valence-corrected chi connectivity index (χ2v) is 5.79. The van der Waals surface area contributed by atoms with Gasteiger partial charge in [0.1, 0.15) is 0 Å². The maximum atomic E-state index is 12.5. The number of hydrogen-bond donors (Lipinski definition) is 2. The summed E-state index contributed by atoms with van der Waals surface area (Å²) in [5.41, 5.74) is 5.72. The predicted molar refractivity (Wildman–Crippen MR) is 82.4 cm³/mol. The van der Waals surface area contributed by atoms with Crippen LogP contribution in [0.15, 0.2) is 24.3 Å². The molecular formula is C14H17ClN2OS. The van der Waals surface area contributed by atoms with Crippen molar-refractivity contribution < 1.29 is 4.79 Å². The summed E-state index contributed by atoms with van der Waals surface area (Å²) in [7, 11) is 0. The van der Waals surface area contributed by atoms with Gasteiger partial charge >= 0.3 is 0 Å². The summed E-state index contributed by atoms with van der Waals surface area (Å²) < 4.78 is 0. The molecular weight excluding hydrogens is 280 g/mol. The van der Waals surface area contributed by atoms with Crippen LogP contribution in [0.4, 0.5) is 5.69 Å². The number of amides is 1. The molecule has 0 spiro atoms. The molecule has 1 aromatic rings. The molecule has 0 bridgehead atoms. The lowest BCUT2D eigenvalue weighted by molar-refractivity contribution is -0.123. The highest BCUT2D eigenvalue weighted by molar-refractivity contribution is 7.80. The maximum Gasteiger partial charge on any atom is 0.237 e. The third kappa shape index (κ3) is 2.90. The lowest BCUT2D eigenvalue weighted by atomic mass is 9.73. The minimum Gasteiger partial charge on any atom is -0.392 e. The van der Waals surface area contributed by atoms with Gasteiger partial charge in [-0.2, -0.15) is 0 Å². The number of para-hydroxylation sites is 1. The van der Waals surface area contributed by atoms with Crippen molar-refractivity contribution in [2.24, 2.45) is 11.1 Å². The molecule has 1 aliphatic rings. The normalized spacial score (nSPS) is 17.7. The second-order valence-electron chi connectivity index (χ2n) is 4.94. The van der Waals surface area contributed by atoms with E-state index in [2.05, 4.69) is 5.32 Å². The van der Waals surface area contributed by atoms with Crippen molar-refractivity contribution in [3.8, 4) is 0 Å². The molecule has 3 nitrogen and oxygen atoms in total. The molecule has 0 heterocycles. The Bertz CT molecular complexity index is 498. The molecule has 5 heteroatoms. The maximum absolute atomic E-state index is 12.5. The zero-order chi connectivity index (χ0) is 13.9. The van der Waals surface area contributed by atoms with Gasteiger partial charge in [0.2, 0.25) is 5.91 Å². The van der Waals surface area contributed by atoms with E-state index in [9.17, 15) is 4.79 Å². The zero-order valence-electron chi connectivity index (χ0n) is 10.6. The third-order valence-electron chi connectivity index (χ3n) is 3.74. The molecule has 0 unspecified atom stereocenters. The van der Waals surface area contributed by atoms with Crippen LogP contribution in [-0.2, 0) is 4.79 Å². The van der Waals surface area contributed by atoms with Crippen molar-refractivity contribution in [1.82, 2.24) is 0 Å². The fraction of sp³-hybridized carbons (Fsp3) is 0.429. The Morgan fingerprint density at radius 2 is 1.89 bits per heavy atom. The number of benzene rings is 1. The summed E-state index contributed by atoms with van der Waals surface area (Å²) in [5.74, 6) is -0.132. The van der Waals surface area contributed by atoms with Gasteiger partial charge in [0.05, 0.1) is 21.1 Å². The number of anilines is 1. The van der Waals surface area contributed by atoms with Crippen LogP contribution in [0.5, 0.6) is 0 Å². The van der Waals surface area contributed by atoms with Crippen LogP contribution in [-0.4, -0.2) is 10.9 Å².